The van der Waals surface area contributed by atoms with Crippen molar-refractivity contribution in [3.8, 4) is 11.5 Å². The van der Waals surface area contributed by atoms with Crippen molar-refractivity contribution >= 4 is 28.6 Å². The molecule has 0 amide bonds. The fourth-order valence-electron chi connectivity index (χ4n) is 2.95. The summed E-state index contributed by atoms with van der Waals surface area (Å²) in [6.07, 6.45) is 1.95. The molecule has 1 aromatic rings. The second kappa shape index (κ2) is 8.01. The maximum atomic E-state index is 11.9. The summed E-state index contributed by atoms with van der Waals surface area (Å²) >= 11 is 2.11. The van der Waals surface area contributed by atoms with Crippen LogP contribution in [0.25, 0.3) is 0 Å². The van der Waals surface area contributed by atoms with E-state index in [-0.39, 0.29) is 17.6 Å². The number of ether oxygens (including phenoxy) is 2. The molecular weight excluding hydrogens is 397 g/mol. The number of hydrogen-bond acceptors (Lipinski definition) is 4. The third-order valence-electron chi connectivity index (χ3n) is 4.00. The molecule has 22 heavy (non-hydrogen) atoms. The van der Waals surface area contributed by atoms with Crippen LogP contribution in [0.5, 0.6) is 11.5 Å². The molecule has 0 aromatic heterocycles. The fourth-order valence-corrected chi connectivity index (χ4v) is 3.61. The molecule has 1 fully saturated rings. The van der Waals surface area contributed by atoms with Crippen LogP contribution in [0.1, 0.15) is 25.3 Å². The van der Waals surface area contributed by atoms with Gasteiger partial charge in [-0.3, -0.25) is 4.79 Å². The van der Waals surface area contributed by atoms with Gasteiger partial charge in [-0.1, -0.05) is 0 Å². The monoisotopic (exact) mass is 420 g/mol. The van der Waals surface area contributed by atoms with E-state index in [2.05, 4.69) is 22.6 Å². The minimum Gasteiger partial charge on any atom is -0.504 e. The smallest absolute Gasteiger partial charge is 0.314 e. The molecule has 1 unspecified atom stereocenters. The Bertz CT molecular complexity index is 535. The number of hydrogen-bond donors (Lipinski definition) is 2. The summed E-state index contributed by atoms with van der Waals surface area (Å²) < 4.78 is 11.1. The highest BCUT2D eigenvalue weighted by Gasteiger charge is 2.29. The average Bonchev–Trinajstić information content (AvgIpc) is 2.51. The Labute approximate surface area is 144 Å². The lowest BCUT2D eigenvalue weighted by Gasteiger charge is -2.28. The van der Waals surface area contributed by atoms with Crippen molar-refractivity contribution in [2.45, 2.75) is 26.3 Å². The Hall–Kier alpha value is -1.02. The molecule has 0 spiro atoms. The van der Waals surface area contributed by atoms with Gasteiger partial charge in [-0.15, -0.1) is 0 Å². The first-order valence-electron chi connectivity index (χ1n) is 7.60. The summed E-state index contributed by atoms with van der Waals surface area (Å²) in [6, 6.07) is 3.85. The molecule has 6 heteroatoms. The van der Waals surface area contributed by atoms with Gasteiger partial charge in [-0.05, 0) is 54.5 Å². The Kier molecular flexibility index (Phi) is 6.31. The maximum absolute atomic E-state index is 11.9. The molecule has 1 heterocycles. The van der Waals surface area contributed by atoms with Crippen LogP contribution in [0, 0.1) is 9.49 Å². The van der Waals surface area contributed by atoms with Gasteiger partial charge >= 0.3 is 5.97 Å². The van der Waals surface area contributed by atoms with Crippen molar-refractivity contribution in [3.05, 3.63) is 21.3 Å². The SMILES string of the molecule is CCOC(=O)[C@H]1CCC[NH+](Cc2cc(I)c(O)c(OC)c2)C1. The van der Waals surface area contributed by atoms with E-state index in [4.69, 9.17) is 9.47 Å². The molecule has 1 aliphatic heterocycles. The first-order chi connectivity index (χ1) is 10.5. The van der Waals surface area contributed by atoms with Crippen LogP contribution in [0.4, 0.5) is 0 Å². The molecule has 0 aliphatic carbocycles. The molecule has 0 bridgehead atoms. The molecule has 5 nitrogen and oxygen atoms in total. The average molecular weight is 420 g/mol. The van der Waals surface area contributed by atoms with E-state index in [1.54, 1.807) is 7.11 Å². The van der Waals surface area contributed by atoms with Crippen LogP contribution in [0.15, 0.2) is 12.1 Å². The van der Waals surface area contributed by atoms with Crippen molar-refractivity contribution in [3.63, 3.8) is 0 Å². The molecule has 2 rings (SSSR count). The van der Waals surface area contributed by atoms with E-state index in [1.165, 1.54) is 4.90 Å². The number of esters is 1. The summed E-state index contributed by atoms with van der Waals surface area (Å²) in [4.78, 5) is 13.3. The number of likely N-dealkylation sites (tertiary alicyclic amines) is 1. The third kappa shape index (κ3) is 4.25. The third-order valence-corrected chi connectivity index (χ3v) is 4.82. The quantitative estimate of drug-likeness (QED) is 0.558. The number of halogens is 1. The molecular formula is C16H23INO4+. The van der Waals surface area contributed by atoms with Gasteiger partial charge in [0, 0.05) is 5.56 Å². The van der Waals surface area contributed by atoms with Gasteiger partial charge in [-0.25, -0.2) is 0 Å². The molecule has 1 aliphatic rings. The van der Waals surface area contributed by atoms with Gasteiger partial charge in [0.15, 0.2) is 11.5 Å². The number of benzene rings is 1. The zero-order chi connectivity index (χ0) is 16.1. The summed E-state index contributed by atoms with van der Waals surface area (Å²) in [5, 5.41) is 9.90. The van der Waals surface area contributed by atoms with Crippen molar-refractivity contribution in [2.75, 3.05) is 26.8 Å². The number of nitrogens with one attached hydrogen (secondary N) is 1. The highest BCUT2D eigenvalue weighted by molar-refractivity contribution is 14.1. The number of piperidine rings is 1. The lowest BCUT2D eigenvalue weighted by Crippen LogP contribution is -3.12. The Morgan fingerprint density at radius 1 is 1.50 bits per heavy atom. The number of quaternary nitrogens is 1. The van der Waals surface area contributed by atoms with Gasteiger partial charge in [-0.2, -0.15) is 0 Å². The predicted molar refractivity (Wildman–Crippen MR) is 91.1 cm³/mol. The number of carbonyl (C=O) groups is 1. The van der Waals surface area contributed by atoms with E-state index in [0.717, 1.165) is 41.6 Å². The Morgan fingerprint density at radius 3 is 2.95 bits per heavy atom. The number of methoxy groups -OCH3 is 1. The zero-order valence-corrected chi connectivity index (χ0v) is 15.2. The standard InChI is InChI=1S/C16H22INO4/c1-3-22-16(20)12-5-4-6-18(10-12)9-11-7-13(17)15(19)14(8-11)21-2/h7-8,12,19H,3-6,9-10H2,1-2H3/p+1/t12-/m0/s1. The van der Waals surface area contributed by atoms with Crippen molar-refractivity contribution in [1.29, 1.82) is 0 Å². The summed E-state index contributed by atoms with van der Waals surface area (Å²) in [7, 11) is 1.56. The largest absolute Gasteiger partial charge is 0.504 e. The van der Waals surface area contributed by atoms with Crippen molar-refractivity contribution in [2.24, 2.45) is 5.92 Å². The van der Waals surface area contributed by atoms with Crippen LogP contribution < -0.4 is 9.64 Å². The normalized spacial score (nSPS) is 21.4. The van der Waals surface area contributed by atoms with Crippen LogP contribution in [0.3, 0.4) is 0 Å². The van der Waals surface area contributed by atoms with Crippen LogP contribution in [-0.4, -0.2) is 37.9 Å². The van der Waals surface area contributed by atoms with Gasteiger partial charge < -0.3 is 19.5 Å². The lowest BCUT2D eigenvalue weighted by atomic mass is 9.97. The topological polar surface area (TPSA) is 60.2 Å². The number of aromatic hydroxyl groups is 1. The van der Waals surface area contributed by atoms with Crippen LogP contribution in [-0.2, 0) is 16.1 Å². The highest BCUT2D eigenvalue weighted by Crippen LogP contribution is 2.32. The summed E-state index contributed by atoms with van der Waals surface area (Å²) in [5.74, 6) is 0.615. The van der Waals surface area contributed by atoms with E-state index >= 15 is 0 Å². The van der Waals surface area contributed by atoms with Crippen molar-refractivity contribution in [1.82, 2.24) is 0 Å². The molecule has 0 radical (unpaired) electrons. The van der Waals surface area contributed by atoms with Crippen molar-refractivity contribution < 1.29 is 24.3 Å². The predicted octanol–water partition coefficient (Wildman–Crippen LogP) is 1.36. The van der Waals surface area contributed by atoms with E-state index in [1.807, 2.05) is 19.1 Å². The number of phenols is 1. The Morgan fingerprint density at radius 2 is 2.27 bits per heavy atom. The van der Waals surface area contributed by atoms with Crippen LogP contribution in [0.2, 0.25) is 0 Å². The van der Waals surface area contributed by atoms with Gasteiger partial charge in [0.1, 0.15) is 12.5 Å². The van der Waals surface area contributed by atoms with Gasteiger partial charge in [0.05, 0.1) is 30.4 Å². The molecule has 1 aromatic carbocycles. The molecule has 2 atom stereocenters. The van der Waals surface area contributed by atoms with Gasteiger partial charge in [0.25, 0.3) is 0 Å². The maximum Gasteiger partial charge on any atom is 0.314 e. The highest BCUT2D eigenvalue weighted by atomic mass is 127. The van der Waals surface area contributed by atoms with Crippen LogP contribution >= 0.6 is 22.6 Å². The fraction of sp³-hybridized carbons (Fsp3) is 0.562. The summed E-state index contributed by atoms with van der Waals surface area (Å²) in [6.45, 7) is 4.96. The van der Waals surface area contributed by atoms with E-state index in [9.17, 15) is 9.90 Å². The number of rotatable bonds is 5. The number of phenolic OH excluding ortho intramolecular Hbond substituents is 1. The minimum atomic E-state index is -0.0717. The number of carbonyl (C=O) groups excluding carboxylic acids is 1. The molecule has 1 saturated heterocycles. The minimum absolute atomic E-state index is 0.00165. The first-order valence-corrected chi connectivity index (χ1v) is 8.68. The van der Waals surface area contributed by atoms with E-state index < -0.39 is 0 Å². The lowest BCUT2D eigenvalue weighted by molar-refractivity contribution is -0.921. The molecule has 122 valence electrons. The molecule has 0 saturated carbocycles. The van der Waals surface area contributed by atoms with Gasteiger partial charge in [0.2, 0.25) is 0 Å². The molecule has 2 N–H and O–H groups in total. The second-order valence-corrected chi connectivity index (χ2v) is 6.76. The first kappa shape index (κ1) is 17.3. The zero-order valence-electron chi connectivity index (χ0n) is 13.0. The Balaban J connectivity index is 2.04. The second-order valence-electron chi connectivity index (χ2n) is 5.60. The van der Waals surface area contributed by atoms with E-state index in [0.29, 0.717) is 12.4 Å². The summed E-state index contributed by atoms with van der Waals surface area (Å²) in [5.41, 5.74) is 1.11.